The minimum Gasteiger partial charge on any atom is -0.465 e. The van der Waals surface area contributed by atoms with Gasteiger partial charge in [0.05, 0.1) is 13.2 Å². The summed E-state index contributed by atoms with van der Waals surface area (Å²) < 4.78 is 5.50. The molecule has 186 valence electrons. The molecule has 0 aliphatic rings. The summed E-state index contributed by atoms with van der Waals surface area (Å²) >= 11 is 0. The van der Waals surface area contributed by atoms with Gasteiger partial charge in [-0.15, -0.1) is 0 Å². The number of nitrogens with zero attached hydrogens (tertiary/aromatic N) is 1. The van der Waals surface area contributed by atoms with Crippen molar-refractivity contribution in [3.8, 4) is 0 Å². The number of carbonyl (C=O) groups is 1. The van der Waals surface area contributed by atoms with Crippen molar-refractivity contribution in [2.24, 2.45) is 0 Å². The van der Waals surface area contributed by atoms with Gasteiger partial charge in [0.2, 0.25) is 0 Å². The van der Waals surface area contributed by atoms with Gasteiger partial charge in [0.15, 0.2) is 0 Å². The lowest BCUT2D eigenvalue weighted by Gasteiger charge is -2.21. The maximum Gasteiger partial charge on any atom is 0.320 e. The maximum atomic E-state index is 12.3. The van der Waals surface area contributed by atoms with Gasteiger partial charge in [-0.25, -0.2) is 0 Å². The lowest BCUT2D eigenvalue weighted by Crippen LogP contribution is -2.33. The van der Waals surface area contributed by atoms with Crippen molar-refractivity contribution in [3.63, 3.8) is 0 Å². The van der Waals surface area contributed by atoms with Crippen LogP contribution in [0, 0.1) is 0 Å². The molecule has 0 aromatic carbocycles. The van der Waals surface area contributed by atoms with Gasteiger partial charge >= 0.3 is 5.97 Å². The monoisotopic (exact) mass is 439 g/mol. The second-order valence-electron chi connectivity index (χ2n) is 9.51. The summed E-state index contributed by atoms with van der Waals surface area (Å²) in [4.78, 5) is 14.7. The summed E-state index contributed by atoms with van der Waals surface area (Å²) in [6.45, 7) is 9.95. The lowest BCUT2D eigenvalue weighted by molar-refractivity contribution is -0.145. The van der Waals surface area contributed by atoms with Gasteiger partial charge in [-0.2, -0.15) is 0 Å². The first-order chi connectivity index (χ1) is 15.2. The first kappa shape index (κ1) is 30.4. The number of unbranched alkanes of at least 4 members (excludes halogenated alkanes) is 17. The van der Waals surface area contributed by atoms with E-state index in [0.717, 1.165) is 19.5 Å². The predicted octanol–water partition coefficient (Wildman–Crippen LogP) is 8.69. The zero-order valence-corrected chi connectivity index (χ0v) is 21.7. The van der Waals surface area contributed by atoms with Crippen molar-refractivity contribution in [1.82, 2.24) is 4.90 Å². The van der Waals surface area contributed by atoms with Crippen molar-refractivity contribution in [2.45, 2.75) is 149 Å². The van der Waals surface area contributed by atoms with E-state index in [9.17, 15) is 4.79 Å². The molecule has 0 atom stereocenters. The Labute approximate surface area is 196 Å². The predicted molar refractivity (Wildman–Crippen MR) is 137 cm³/mol. The molecule has 3 nitrogen and oxygen atoms in total. The third-order valence-corrected chi connectivity index (χ3v) is 6.27. The molecule has 0 fully saturated rings. The van der Waals surface area contributed by atoms with Gasteiger partial charge < -0.3 is 4.74 Å². The van der Waals surface area contributed by atoms with Gasteiger partial charge in [-0.05, 0) is 32.4 Å². The average Bonchev–Trinajstić information content (AvgIpc) is 2.77. The molecule has 0 unspecified atom stereocenters. The molecule has 0 spiro atoms. The molecule has 0 saturated carbocycles. The zero-order valence-electron chi connectivity index (χ0n) is 21.7. The fourth-order valence-electron chi connectivity index (χ4n) is 4.15. The summed E-state index contributed by atoms with van der Waals surface area (Å²) in [5.74, 6) is -0.0179. The first-order valence-electron chi connectivity index (χ1n) is 14.1. The molecule has 31 heavy (non-hydrogen) atoms. The average molecular weight is 440 g/mol. The van der Waals surface area contributed by atoms with Gasteiger partial charge in [0.1, 0.15) is 0 Å². The first-order valence-corrected chi connectivity index (χ1v) is 14.1. The number of carbonyl (C=O) groups excluding carboxylic acids is 1. The Morgan fingerprint density at radius 3 is 1.29 bits per heavy atom. The molecule has 0 rings (SSSR count). The standard InChI is InChI=1S/C28H57NO2/c1-4-7-10-13-15-17-19-21-24-29(25-22-20-18-16-14-11-8-5-2)27-28(30)31-26-23-12-9-6-3/h4-27H2,1-3H3. The molecule has 0 bridgehead atoms. The highest BCUT2D eigenvalue weighted by Gasteiger charge is 2.11. The van der Waals surface area contributed by atoms with Crippen molar-refractivity contribution in [3.05, 3.63) is 0 Å². The normalized spacial score (nSPS) is 11.4. The highest BCUT2D eigenvalue weighted by molar-refractivity contribution is 5.71. The molecule has 0 aromatic heterocycles. The molecule has 0 saturated heterocycles. The van der Waals surface area contributed by atoms with Crippen LogP contribution >= 0.6 is 0 Å². The molecule has 0 aliphatic carbocycles. The zero-order chi connectivity index (χ0) is 22.8. The highest BCUT2D eigenvalue weighted by Crippen LogP contribution is 2.11. The SMILES string of the molecule is CCCCCCCCCCN(CCCCCCCCCC)CC(=O)OCCCCCC. The van der Waals surface area contributed by atoms with Crippen molar-refractivity contribution < 1.29 is 9.53 Å². The van der Waals surface area contributed by atoms with Gasteiger partial charge in [-0.1, -0.05) is 130 Å². The number of ether oxygens (including phenoxy) is 1. The Balaban J connectivity index is 4.01. The Morgan fingerprint density at radius 2 is 0.871 bits per heavy atom. The van der Waals surface area contributed by atoms with Crippen LogP contribution < -0.4 is 0 Å². The van der Waals surface area contributed by atoms with Crippen molar-refractivity contribution in [1.29, 1.82) is 0 Å². The molecule has 0 radical (unpaired) electrons. The topological polar surface area (TPSA) is 29.5 Å². The van der Waals surface area contributed by atoms with Crippen molar-refractivity contribution in [2.75, 3.05) is 26.2 Å². The minimum atomic E-state index is -0.0179. The summed E-state index contributed by atoms with van der Waals surface area (Å²) in [7, 11) is 0. The second kappa shape index (κ2) is 25.7. The van der Waals surface area contributed by atoms with Crippen LogP contribution in [0.15, 0.2) is 0 Å². The molecular formula is C28H57NO2. The number of esters is 1. The van der Waals surface area contributed by atoms with Crippen LogP contribution in [0.2, 0.25) is 0 Å². The number of hydrogen-bond acceptors (Lipinski definition) is 3. The molecule has 3 heteroatoms. The van der Waals surface area contributed by atoms with E-state index >= 15 is 0 Å². The molecule has 0 heterocycles. The van der Waals surface area contributed by atoms with Gasteiger partial charge in [0.25, 0.3) is 0 Å². The molecule has 0 amide bonds. The van der Waals surface area contributed by atoms with Crippen LogP contribution in [0.1, 0.15) is 149 Å². The highest BCUT2D eigenvalue weighted by atomic mass is 16.5. The maximum absolute atomic E-state index is 12.3. The van der Waals surface area contributed by atoms with Crippen LogP contribution in [0.4, 0.5) is 0 Å². The Kier molecular flexibility index (Phi) is 25.2. The molecule has 0 aliphatic heterocycles. The Morgan fingerprint density at radius 1 is 0.516 bits per heavy atom. The Bertz CT molecular complexity index is 339. The van der Waals surface area contributed by atoms with E-state index < -0.39 is 0 Å². The fourth-order valence-corrected chi connectivity index (χ4v) is 4.15. The number of rotatable bonds is 25. The van der Waals surface area contributed by atoms with E-state index in [2.05, 4.69) is 25.7 Å². The van der Waals surface area contributed by atoms with Gasteiger partial charge in [-0.3, -0.25) is 9.69 Å². The van der Waals surface area contributed by atoms with Crippen LogP contribution in [0.25, 0.3) is 0 Å². The second-order valence-corrected chi connectivity index (χ2v) is 9.51. The fraction of sp³-hybridized carbons (Fsp3) is 0.964. The van der Waals surface area contributed by atoms with E-state index in [4.69, 9.17) is 4.74 Å². The molecule has 0 aromatic rings. The number of hydrogen-bond donors (Lipinski definition) is 0. The van der Waals surface area contributed by atoms with E-state index in [1.807, 2.05) is 0 Å². The molecular weight excluding hydrogens is 382 g/mol. The van der Waals surface area contributed by atoms with Crippen LogP contribution in [0.5, 0.6) is 0 Å². The van der Waals surface area contributed by atoms with E-state index in [1.54, 1.807) is 0 Å². The summed E-state index contributed by atoms with van der Waals surface area (Å²) in [6, 6.07) is 0. The van der Waals surface area contributed by atoms with Crippen LogP contribution in [0.3, 0.4) is 0 Å². The van der Waals surface area contributed by atoms with Gasteiger partial charge in [0, 0.05) is 0 Å². The third-order valence-electron chi connectivity index (χ3n) is 6.27. The van der Waals surface area contributed by atoms with E-state index in [1.165, 1.54) is 122 Å². The van der Waals surface area contributed by atoms with Crippen LogP contribution in [-0.4, -0.2) is 37.1 Å². The smallest absolute Gasteiger partial charge is 0.320 e. The van der Waals surface area contributed by atoms with Crippen molar-refractivity contribution >= 4 is 5.97 Å². The summed E-state index contributed by atoms with van der Waals surface area (Å²) in [5, 5.41) is 0. The van der Waals surface area contributed by atoms with E-state index in [-0.39, 0.29) is 5.97 Å². The van der Waals surface area contributed by atoms with E-state index in [0.29, 0.717) is 13.2 Å². The minimum absolute atomic E-state index is 0.0179. The summed E-state index contributed by atoms with van der Waals surface area (Å²) in [6.07, 6.45) is 26.1. The molecule has 0 N–H and O–H groups in total. The summed E-state index contributed by atoms with van der Waals surface area (Å²) in [5.41, 5.74) is 0. The Hall–Kier alpha value is -0.570. The quantitative estimate of drug-likeness (QED) is 0.105. The van der Waals surface area contributed by atoms with Crippen LogP contribution in [-0.2, 0) is 9.53 Å². The largest absolute Gasteiger partial charge is 0.465 e. The third kappa shape index (κ3) is 23.9. The lowest BCUT2D eigenvalue weighted by atomic mass is 10.1.